The molecule has 0 N–H and O–H groups in total. The Balaban J connectivity index is 4.31. The van der Waals surface area contributed by atoms with Gasteiger partial charge in [-0.1, -0.05) is 6.58 Å². The third kappa shape index (κ3) is 1.66. The fourth-order valence-electron chi connectivity index (χ4n) is 0.773. The van der Waals surface area contributed by atoms with Crippen molar-refractivity contribution >= 4 is 10.2 Å². The summed E-state index contributed by atoms with van der Waals surface area (Å²) in [6.07, 6.45) is 0. The summed E-state index contributed by atoms with van der Waals surface area (Å²) in [4.78, 5) is 0. The van der Waals surface area contributed by atoms with Gasteiger partial charge in [-0.15, -0.1) is 0 Å². The third-order valence-corrected chi connectivity index (χ3v) is 1.94. The van der Waals surface area contributed by atoms with Crippen LogP contribution in [0.1, 0.15) is 0 Å². The molecule has 0 aliphatic heterocycles. The summed E-state index contributed by atoms with van der Waals surface area (Å²) in [7, 11) is 5.36. The lowest BCUT2D eigenvalue weighted by atomic mass is 10.5. The van der Waals surface area contributed by atoms with E-state index in [0.717, 1.165) is 15.4 Å². The van der Waals surface area contributed by atoms with E-state index in [4.69, 9.17) is 14.2 Å². The average Bonchev–Trinajstić information content (AvgIpc) is 1.92. The molecule has 3 nitrogen and oxygen atoms in total. The number of hydrogen-bond donors (Lipinski definition) is 0. The smallest absolute Gasteiger partial charge is 0.301 e. The fourth-order valence-corrected chi connectivity index (χ4v) is 1.39. The van der Waals surface area contributed by atoms with Gasteiger partial charge in [-0.25, -0.2) is 0 Å². The van der Waals surface area contributed by atoms with Crippen molar-refractivity contribution in [3.63, 3.8) is 0 Å². The Bertz CT molecular complexity index is 112. The number of methoxy groups -OCH3 is 3. The summed E-state index contributed by atoms with van der Waals surface area (Å²) in [6.45, 7) is 3.73. The maximum absolute atomic E-state index is 4.99. The van der Waals surface area contributed by atoms with Crippen LogP contribution in [0.25, 0.3) is 0 Å². The van der Waals surface area contributed by atoms with Crippen molar-refractivity contribution in [2.24, 2.45) is 0 Å². The summed E-state index contributed by atoms with van der Waals surface area (Å²) >= 11 is 0. The highest BCUT2D eigenvalue weighted by molar-refractivity contribution is 6.22. The van der Waals surface area contributed by atoms with Crippen LogP contribution in [-0.4, -0.2) is 37.5 Å². The molecular formula is C6H14O3Si. The predicted octanol–water partition coefficient (Wildman–Crippen LogP) is -0.542. The van der Waals surface area contributed by atoms with Gasteiger partial charge in [-0.05, 0) is 5.20 Å². The molecule has 0 aliphatic rings. The van der Waals surface area contributed by atoms with Crippen molar-refractivity contribution in [2.45, 2.75) is 5.97 Å². The van der Waals surface area contributed by atoms with Crippen molar-refractivity contribution in [3.05, 3.63) is 11.8 Å². The molecule has 0 fully saturated rings. The zero-order chi connectivity index (χ0) is 8.20. The first-order valence-electron chi connectivity index (χ1n) is 2.94. The molecule has 0 saturated carbocycles. The Morgan fingerprint density at radius 3 is 1.50 bits per heavy atom. The lowest BCUT2D eigenvalue weighted by Crippen LogP contribution is -2.37. The van der Waals surface area contributed by atoms with Gasteiger partial charge in [0.25, 0.3) is 0 Å². The van der Waals surface area contributed by atoms with Gasteiger partial charge in [0.05, 0.1) is 0 Å². The normalized spacial score (nSPS) is 11.9. The lowest BCUT2D eigenvalue weighted by molar-refractivity contribution is -0.321. The maximum atomic E-state index is 4.99. The van der Waals surface area contributed by atoms with Crippen LogP contribution < -0.4 is 0 Å². The van der Waals surface area contributed by atoms with Crippen molar-refractivity contribution < 1.29 is 14.2 Å². The summed E-state index contributed by atoms with van der Waals surface area (Å²) < 4.78 is 15.0. The molecular weight excluding hydrogens is 148 g/mol. The van der Waals surface area contributed by atoms with E-state index >= 15 is 0 Å². The topological polar surface area (TPSA) is 27.7 Å². The molecule has 0 radical (unpaired) electrons. The van der Waals surface area contributed by atoms with E-state index in [0.29, 0.717) is 0 Å². The predicted molar refractivity (Wildman–Crippen MR) is 42.8 cm³/mol. The highest BCUT2D eigenvalue weighted by Gasteiger charge is 2.29. The van der Waals surface area contributed by atoms with Crippen LogP contribution in [0.15, 0.2) is 11.8 Å². The summed E-state index contributed by atoms with van der Waals surface area (Å²) in [6, 6.07) is 0. The molecule has 4 heteroatoms. The summed E-state index contributed by atoms with van der Waals surface area (Å²) in [5.74, 6) is -1.01. The Kier molecular flexibility index (Phi) is 3.81. The second kappa shape index (κ2) is 3.87. The van der Waals surface area contributed by atoms with E-state index in [1.807, 2.05) is 0 Å². The van der Waals surface area contributed by atoms with E-state index in [1.165, 1.54) is 21.3 Å². The summed E-state index contributed by atoms with van der Waals surface area (Å²) in [5, 5.41) is 0.819. The zero-order valence-electron chi connectivity index (χ0n) is 6.93. The quantitative estimate of drug-likeness (QED) is 0.410. The van der Waals surface area contributed by atoms with Crippen LogP contribution >= 0.6 is 0 Å². The molecule has 0 aromatic rings. The van der Waals surface area contributed by atoms with E-state index in [9.17, 15) is 0 Å². The molecule has 0 heterocycles. The Labute approximate surface area is 64.4 Å². The SMILES string of the molecule is C=C([SiH3])C(OC)(OC)OC. The van der Waals surface area contributed by atoms with Crippen molar-refractivity contribution in [1.29, 1.82) is 0 Å². The number of hydrogen-bond acceptors (Lipinski definition) is 3. The highest BCUT2D eigenvalue weighted by Crippen LogP contribution is 2.18. The lowest BCUT2D eigenvalue weighted by Gasteiger charge is -2.28. The van der Waals surface area contributed by atoms with Crippen LogP contribution in [0.2, 0.25) is 0 Å². The minimum absolute atomic E-state index is 0.786. The van der Waals surface area contributed by atoms with Gasteiger partial charge < -0.3 is 14.2 Å². The van der Waals surface area contributed by atoms with Crippen LogP contribution in [0.4, 0.5) is 0 Å². The molecule has 10 heavy (non-hydrogen) atoms. The maximum Gasteiger partial charge on any atom is 0.301 e. The monoisotopic (exact) mass is 162 g/mol. The van der Waals surface area contributed by atoms with Gasteiger partial charge in [0.15, 0.2) is 0 Å². The van der Waals surface area contributed by atoms with E-state index in [2.05, 4.69) is 6.58 Å². The Hall–Kier alpha value is -0.163. The van der Waals surface area contributed by atoms with Gasteiger partial charge in [-0.2, -0.15) is 0 Å². The minimum atomic E-state index is -1.01. The largest absolute Gasteiger partial charge is 0.328 e. The molecule has 0 atom stereocenters. The average molecular weight is 162 g/mol. The molecule has 0 aromatic heterocycles. The minimum Gasteiger partial charge on any atom is -0.328 e. The van der Waals surface area contributed by atoms with Crippen molar-refractivity contribution in [2.75, 3.05) is 21.3 Å². The molecule has 0 amide bonds. The van der Waals surface area contributed by atoms with Crippen molar-refractivity contribution in [3.8, 4) is 0 Å². The molecule has 0 saturated heterocycles. The Morgan fingerprint density at radius 1 is 1.20 bits per heavy atom. The van der Waals surface area contributed by atoms with E-state index < -0.39 is 5.97 Å². The van der Waals surface area contributed by atoms with Gasteiger partial charge in [0.2, 0.25) is 0 Å². The van der Waals surface area contributed by atoms with Gasteiger partial charge >= 0.3 is 5.97 Å². The van der Waals surface area contributed by atoms with E-state index in [1.54, 1.807) is 0 Å². The van der Waals surface area contributed by atoms with Gasteiger partial charge in [0.1, 0.15) is 0 Å². The zero-order valence-corrected chi connectivity index (χ0v) is 8.93. The third-order valence-electron chi connectivity index (χ3n) is 1.33. The second-order valence-electron chi connectivity index (χ2n) is 1.95. The Morgan fingerprint density at radius 2 is 1.50 bits per heavy atom. The van der Waals surface area contributed by atoms with Crippen LogP contribution in [0, 0.1) is 0 Å². The standard InChI is InChI=1S/C6H14O3Si/c1-5(10)6(7-2,8-3)9-4/h1H2,2-4,10H3. The van der Waals surface area contributed by atoms with Crippen LogP contribution in [0.3, 0.4) is 0 Å². The highest BCUT2D eigenvalue weighted by atomic mass is 28.1. The number of rotatable bonds is 4. The molecule has 60 valence electrons. The first kappa shape index (κ1) is 9.84. The first-order chi connectivity index (χ1) is 4.63. The molecule has 0 spiro atoms. The second-order valence-corrected chi connectivity index (χ2v) is 3.16. The molecule has 0 rings (SSSR count). The molecule has 0 aliphatic carbocycles. The van der Waals surface area contributed by atoms with Crippen LogP contribution in [-0.2, 0) is 14.2 Å². The summed E-state index contributed by atoms with van der Waals surface area (Å²) in [5.41, 5.74) is 0. The molecule has 0 aromatic carbocycles. The number of ether oxygens (including phenoxy) is 3. The fraction of sp³-hybridized carbons (Fsp3) is 0.667. The molecule has 0 bridgehead atoms. The first-order valence-corrected chi connectivity index (χ1v) is 3.94. The van der Waals surface area contributed by atoms with Crippen molar-refractivity contribution in [1.82, 2.24) is 0 Å². The van der Waals surface area contributed by atoms with Gasteiger partial charge in [-0.3, -0.25) is 0 Å². The van der Waals surface area contributed by atoms with Gasteiger partial charge in [0, 0.05) is 31.6 Å². The van der Waals surface area contributed by atoms with Crippen LogP contribution in [0.5, 0.6) is 0 Å². The van der Waals surface area contributed by atoms with E-state index in [-0.39, 0.29) is 0 Å². The molecule has 0 unspecified atom stereocenters.